The SMILES string of the molecule is CCCc1cc(N=O)c2c(c1)OC(C)(CCC=C(C)C)C=C2. The van der Waals surface area contributed by atoms with E-state index >= 15 is 0 Å². The van der Waals surface area contributed by atoms with Crippen LogP contribution in [0.5, 0.6) is 5.75 Å². The molecule has 22 heavy (non-hydrogen) atoms. The van der Waals surface area contributed by atoms with Gasteiger partial charge in [0.1, 0.15) is 17.0 Å². The molecule has 0 fully saturated rings. The number of nitroso groups, excluding NO2 is 1. The summed E-state index contributed by atoms with van der Waals surface area (Å²) in [6.45, 7) is 8.42. The van der Waals surface area contributed by atoms with Crippen LogP contribution in [0.15, 0.2) is 35.0 Å². The number of ether oxygens (including phenoxy) is 1. The Balaban J connectivity index is 2.27. The Morgan fingerprint density at radius 1 is 1.36 bits per heavy atom. The van der Waals surface area contributed by atoms with E-state index in [-0.39, 0.29) is 5.60 Å². The van der Waals surface area contributed by atoms with Gasteiger partial charge in [0.05, 0.1) is 0 Å². The molecule has 0 saturated heterocycles. The fourth-order valence-corrected chi connectivity index (χ4v) is 2.75. The lowest BCUT2D eigenvalue weighted by molar-refractivity contribution is 0.128. The van der Waals surface area contributed by atoms with Crippen LogP contribution in [0.3, 0.4) is 0 Å². The lowest BCUT2D eigenvalue weighted by Gasteiger charge is -2.32. The molecule has 1 atom stereocenters. The molecule has 0 aromatic heterocycles. The number of rotatable bonds is 6. The van der Waals surface area contributed by atoms with E-state index in [1.165, 1.54) is 5.57 Å². The molecular weight excluding hydrogens is 274 g/mol. The molecule has 0 N–H and O–H groups in total. The molecule has 0 radical (unpaired) electrons. The van der Waals surface area contributed by atoms with Gasteiger partial charge in [0, 0.05) is 5.56 Å². The van der Waals surface area contributed by atoms with Gasteiger partial charge in [0.15, 0.2) is 0 Å². The Morgan fingerprint density at radius 2 is 2.14 bits per heavy atom. The van der Waals surface area contributed by atoms with Crippen molar-refractivity contribution < 1.29 is 4.74 Å². The van der Waals surface area contributed by atoms with Crippen LogP contribution in [0, 0.1) is 4.91 Å². The van der Waals surface area contributed by atoms with Crippen molar-refractivity contribution in [2.45, 2.75) is 59.0 Å². The maximum Gasteiger partial charge on any atom is 0.130 e. The highest BCUT2D eigenvalue weighted by atomic mass is 16.5. The van der Waals surface area contributed by atoms with Crippen molar-refractivity contribution in [1.29, 1.82) is 0 Å². The summed E-state index contributed by atoms with van der Waals surface area (Å²) < 4.78 is 6.22. The maximum atomic E-state index is 11.1. The molecule has 1 aromatic rings. The van der Waals surface area contributed by atoms with E-state index < -0.39 is 0 Å². The molecule has 3 nitrogen and oxygen atoms in total. The third-order valence-electron chi connectivity index (χ3n) is 3.96. The number of fused-ring (bicyclic) bond motifs is 1. The molecular formula is C19H25NO2. The second-order valence-electron chi connectivity index (χ2n) is 6.44. The minimum Gasteiger partial charge on any atom is -0.483 e. The lowest BCUT2D eigenvalue weighted by atomic mass is 9.93. The second-order valence-corrected chi connectivity index (χ2v) is 6.44. The van der Waals surface area contributed by atoms with Crippen LogP contribution in [0.1, 0.15) is 58.1 Å². The summed E-state index contributed by atoms with van der Waals surface area (Å²) in [4.78, 5) is 11.1. The van der Waals surface area contributed by atoms with Gasteiger partial charge in [-0.2, -0.15) is 0 Å². The van der Waals surface area contributed by atoms with Crippen molar-refractivity contribution in [1.82, 2.24) is 0 Å². The van der Waals surface area contributed by atoms with Crippen molar-refractivity contribution in [2.75, 3.05) is 0 Å². The standard InChI is InChI=1S/C19H25NO2/c1-5-7-15-12-17(20-21)16-9-11-19(4,22-18(16)13-15)10-6-8-14(2)3/h8-9,11-13H,5-7,10H2,1-4H3. The van der Waals surface area contributed by atoms with E-state index in [2.05, 4.69) is 45.0 Å². The molecule has 1 aromatic carbocycles. The normalized spacial score (nSPS) is 19.3. The molecule has 1 unspecified atom stereocenters. The molecule has 0 amide bonds. The average molecular weight is 299 g/mol. The van der Waals surface area contributed by atoms with Crippen LogP contribution in [-0.2, 0) is 6.42 Å². The van der Waals surface area contributed by atoms with Gasteiger partial charge in [-0.25, -0.2) is 0 Å². The van der Waals surface area contributed by atoms with Gasteiger partial charge < -0.3 is 4.74 Å². The van der Waals surface area contributed by atoms with Crippen LogP contribution in [0.2, 0.25) is 0 Å². The number of hydrogen-bond donors (Lipinski definition) is 0. The minimum absolute atomic E-state index is 0.329. The Morgan fingerprint density at radius 3 is 2.77 bits per heavy atom. The monoisotopic (exact) mass is 299 g/mol. The molecule has 2 rings (SSSR count). The van der Waals surface area contributed by atoms with Gasteiger partial charge in [-0.3, -0.25) is 0 Å². The van der Waals surface area contributed by atoms with E-state index in [9.17, 15) is 4.91 Å². The Kier molecular flexibility index (Phi) is 5.17. The highest BCUT2D eigenvalue weighted by molar-refractivity contribution is 5.73. The van der Waals surface area contributed by atoms with Gasteiger partial charge in [-0.05, 0) is 75.1 Å². The third kappa shape index (κ3) is 3.85. The Bertz CT molecular complexity index is 612. The van der Waals surface area contributed by atoms with Crippen LogP contribution in [0.4, 0.5) is 5.69 Å². The zero-order valence-electron chi connectivity index (χ0n) is 14.0. The highest BCUT2D eigenvalue weighted by Crippen LogP contribution is 2.39. The average Bonchev–Trinajstić information content (AvgIpc) is 2.45. The topological polar surface area (TPSA) is 38.7 Å². The zero-order valence-corrected chi connectivity index (χ0v) is 14.0. The largest absolute Gasteiger partial charge is 0.483 e. The Labute approximate surface area is 133 Å². The summed E-state index contributed by atoms with van der Waals surface area (Å²) in [5.41, 5.74) is 3.38. The van der Waals surface area contributed by atoms with Crippen molar-refractivity contribution in [3.05, 3.63) is 45.9 Å². The van der Waals surface area contributed by atoms with Crippen LogP contribution in [0.25, 0.3) is 6.08 Å². The van der Waals surface area contributed by atoms with Crippen LogP contribution in [-0.4, -0.2) is 5.60 Å². The molecule has 0 saturated carbocycles. The Hall–Kier alpha value is -1.90. The first-order valence-electron chi connectivity index (χ1n) is 7.99. The van der Waals surface area contributed by atoms with E-state index in [0.29, 0.717) is 5.69 Å². The number of allylic oxidation sites excluding steroid dienone is 2. The van der Waals surface area contributed by atoms with E-state index in [0.717, 1.165) is 42.6 Å². The molecule has 118 valence electrons. The fourth-order valence-electron chi connectivity index (χ4n) is 2.75. The smallest absolute Gasteiger partial charge is 0.130 e. The molecule has 1 heterocycles. The fraction of sp³-hybridized carbons (Fsp3) is 0.474. The number of benzene rings is 1. The summed E-state index contributed by atoms with van der Waals surface area (Å²) >= 11 is 0. The molecule has 3 heteroatoms. The summed E-state index contributed by atoms with van der Waals surface area (Å²) in [6, 6.07) is 3.92. The first kappa shape index (κ1) is 16.5. The minimum atomic E-state index is -0.329. The predicted octanol–water partition coefficient (Wildman–Crippen LogP) is 5.95. The van der Waals surface area contributed by atoms with E-state index in [1.807, 2.05) is 18.2 Å². The van der Waals surface area contributed by atoms with Crippen molar-refractivity contribution in [3.63, 3.8) is 0 Å². The first-order chi connectivity index (χ1) is 10.5. The second kappa shape index (κ2) is 6.91. The van der Waals surface area contributed by atoms with Gasteiger partial charge in [0.25, 0.3) is 0 Å². The molecule has 0 aliphatic carbocycles. The summed E-state index contributed by atoms with van der Waals surface area (Å²) in [7, 11) is 0. The summed E-state index contributed by atoms with van der Waals surface area (Å²) in [5, 5.41) is 3.17. The van der Waals surface area contributed by atoms with Gasteiger partial charge in [-0.1, -0.05) is 25.0 Å². The summed E-state index contributed by atoms with van der Waals surface area (Å²) in [5.74, 6) is 0.780. The highest BCUT2D eigenvalue weighted by Gasteiger charge is 2.28. The first-order valence-corrected chi connectivity index (χ1v) is 7.99. The van der Waals surface area contributed by atoms with Crippen LogP contribution >= 0.6 is 0 Å². The third-order valence-corrected chi connectivity index (χ3v) is 3.96. The molecule has 0 bridgehead atoms. The maximum absolute atomic E-state index is 11.1. The van der Waals surface area contributed by atoms with Gasteiger partial charge in [0.2, 0.25) is 0 Å². The number of aryl methyl sites for hydroxylation is 1. The predicted molar refractivity (Wildman–Crippen MR) is 92.6 cm³/mol. The van der Waals surface area contributed by atoms with Gasteiger partial charge in [-0.15, -0.1) is 4.91 Å². The van der Waals surface area contributed by atoms with Crippen LogP contribution < -0.4 is 4.74 Å². The zero-order chi connectivity index (χ0) is 16.2. The van der Waals surface area contributed by atoms with Gasteiger partial charge >= 0.3 is 0 Å². The summed E-state index contributed by atoms with van der Waals surface area (Å²) in [6.07, 6.45) is 10.1. The van der Waals surface area contributed by atoms with E-state index in [1.54, 1.807) is 0 Å². The van der Waals surface area contributed by atoms with Crippen molar-refractivity contribution in [2.24, 2.45) is 5.18 Å². The number of nitrogens with zero attached hydrogens (tertiary/aromatic N) is 1. The number of hydrogen-bond acceptors (Lipinski definition) is 3. The van der Waals surface area contributed by atoms with E-state index in [4.69, 9.17) is 4.74 Å². The lowest BCUT2D eigenvalue weighted by Crippen LogP contribution is -2.31. The molecule has 1 aliphatic rings. The quantitative estimate of drug-likeness (QED) is 0.481. The molecule has 0 spiro atoms. The van der Waals surface area contributed by atoms with Crippen molar-refractivity contribution >= 4 is 11.8 Å². The molecule has 1 aliphatic heterocycles. The van der Waals surface area contributed by atoms with Crippen molar-refractivity contribution in [3.8, 4) is 5.75 Å².